The van der Waals surface area contributed by atoms with E-state index in [1.54, 1.807) is 6.92 Å². The number of carboxylic acids is 1. The van der Waals surface area contributed by atoms with Gasteiger partial charge in [0.05, 0.1) is 12.5 Å². The van der Waals surface area contributed by atoms with Crippen LogP contribution in [-0.2, 0) is 23.9 Å². The minimum Gasteiger partial charge on any atom is -0.481 e. The molecule has 0 bridgehead atoms. The van der Waals surface area contributed by atoms with Crippen molar-refractivity contribution >= 4 is 17.9 Å². The third-order valence-electron chi connectivity index (χ3n) is 2.68. The summed E-state index contributed by atoms with van der Waals surface area (Å²) in [5.74, 6) is -2.61. The highest BCUT2D eigenvalue weighted by Gasteiger charge is 2.18. The number of aliphatic carboxylic acids is 1. The van der Waals surface area contributed by atoms with Crippen molar-refractivity contribution in [2.45, 2.75) is 39.5 Å². The number of carbonyl (C=O) groups excluding carboxylic acids is 2. The van der Waals surface area contributed by atoms with Crippen molar-refractivity contribution in [3.8, 4) is 0 Å². The summed E-state index contributed by atoms with van der Waals surface area (Å²) in [5, 5.41) is 8.97. The van der Waals surface area contributed by atoms with Crippen LogP contribution in [0.2, 0.25) is 0 Å². The second-order valence-electron chi connectivity index (χ2n) is 4.41. The van der Waals surface area contributed by atoms with Crippen molar-refractivity contribution in [2.24, 2.45) is 5.92 Å². The van der Waals surface area contributed by atoms with Crippen molar-refractivity contribution < 1.29 is 29.0 Å². The fourth-order valence-corrected chi connectivity index (χ4v) is 1.56. The first-order chi connectivity index (χ1) is 9.38. The van der Waals surface area contributed by atoms with Gasteiger partial charge in [0.15, 0.2) is 0 Å². The Hall–Kier alpha value is -1.85. The molecule has 20 heavy (non-hydrogen) atoms. The molecule has 0 aliphatic carbocycles. The lowest BCUT2D eigenvalue weighted by Crippen LogP contribution is -2.21. The van der Waals surface area contributed by atoms with E-state index < -0.39 is 23.8 Å². The molecule has 0 aromatic rings. The quantitative estimate of drug-likeness (QED) is 0.375. The maximum absolute atomic E-state index is 11.3. The molecule has 0 rings (SSSR count). The lowest BCUT2D eigenvalue weighted by molar-refractivity contribution is -0.150. The van der Waals surface area contributed by atoms with Crippen LogP contribution in [0.25, 0.3) is 0 Å². The van der Waals surface area contributed by atoms with Gasteiger partial charge in [0.1, 0.15) is 6.61 Å². The standard InChI is InChI=1S/C14H22O6/c1-4-19-14(18)10(2)7-5-6-8-12(13(16)17)9-20-11(3)15/h12H,2,4-9H2,1,3H3,(H,16,17). The zero-order valence-electron chi connectivity index (χ0n) is 12.0. The third kappa shape index (κ3) is 8.29. The number of carboxylic acid groups (broad SMARTS) is 1. The average Bonchev–Trinajstić information content (AvgIpc) is 2.36. The Morgan fingerprint density at radius 1 is 1.20 bits per heavy atom. The van der Waals surface area contributed by atoms with Crippen LogP contribution in [0.1, 0.15) is 39.5 Å². The second-order valence-corrected chi connectivity index (χ2v) is 4.41. The first-order valence-electron chi connectivity index (χ1n) is 6.59. The molecule has 1 atom stereocenters. The molecule has 1 N–H and O–H groups in total. The fraction of sp³-hybridized carbons (Fsp3) is 0.643. The van der Waals surface area contributed by atoms with Crippen LogP contribution in [0.4, 0.5) is 0 Å². The van der Waals surface area contributed by atoms with Crippen LogP contribution < -0.4 is 0 Å². The van der Waals surface area contributed by atoms with Crippen molar-refractivity contribution in [3.63, 3.8) is 0 Å². The summed E-state index contributed by atoms with van der Waals surface area (Å²) in [6.45, 7) is 6.77. The summed E-state index contributed by atoms with van der Waals surface area (Å²) in [5.41, 5.74) is 0.388. The monoisotopic (exact) mass is 286 g/mol. The third-order valence-corrected chi connectivity index (χ3v) is 2.68. The fourth-order valence-electron chi connectivity index (χ4n) is 1.56. The summed E-state index contributed by atoms with van der Waals surface area (Å²) >= 11 is 0. The molecular formula is C14H22O6. The molecule has 0 spiro atoms. The number of esters is 2. The van der Waals surface area contributed by atoms with Gasteiger partial charge in [-0.25, -0.2) is 4.79 Å². The number of rotatable bonds is 10. The smallest absolute Gasteiger partial charge is 0.333 e. The largest absolute Gasteiger partial charge is 0.481 e. The van der Waals surface area contributed by atoms with Gasteiger partial charge in [-0.05, 0) is 26.2 Å². The predicted octanol–water partition coefficient (Wildman–Crippen LogP) is 1.93. The van der Waals surface area contributed by atoms with E-state index in [-0.39, 0.29) is 6.61 Å². The molecule has 0 saturated carbocycles. The molecule has 114 valence electrons. The Balaban J connectivity index is 3.94. The summed E-state index contributed by atoms with van der Waals surface area (Å²) in [7, 11) is 0. The van der Waals surface area contributed by atoms with E-state index in [4.69, 9.17) is 14.6 Å². The predicted molar refractivity (Wildman–Crippen MR) is 72.0 cm³/mol. The van der Waals surface area contributed by atoms with Crippen LogP contribution in [-0.4, -0.2) is 36.2 Å². The van der Waals surface area contributed by atoms with E-state index >= 15 is 0 Å². The van der Waals surface area contributed by atoms with Crippen molar-refractivity contribution in [1.82, 2.24) is 0 Å². The lowest BCUT2D eigenvalue weighted by atomic mass is 10.0. The number of unbranched alkanes of at least 4 members (excludes halogenated alkanes) is 1. The second kappa shape index (κ2) is 10.00. The first-order valence-corrected chi connectivity index (χ1v) is 6.59. The van der Waals surface area contributed by atoms with Crippen molar-refractivity contribution in [1.29, 1.82) is 0 Å². The minimum atomic E-state index is -0.990. The van der Waals surface area contributed by atoms with Crippen LogP contribution in [0.3, 0.4) is 0 Å². The minimum absolute atomic E-state index is 0.122. The molecule has 0 aromatic carbocycles. The van der Waals surface area contributed by atoms with Gasteiger partial charge < -0.3 is 14.6 Å². The van der Waals surface area contributed by atoms with E-state index in [9.17, 15) is 14.4 Å². The molecule has 0 radical (unpaired) electrons. The van der Waals surface area contributed by atoms with Gasteiger partial charge >= 0.3 is 17.9 Å². The molecule has 0 aliphatic heterocycles. The van der Waals surface area contributed by atoms with Crippen molar-refractivity contribution in [3.05, 3.63) is 12.2 Å². The highest BCUT2D eigenvalue weighted by Crippen LogP contribution is 2.14. The Bertz CT molecular complexity index is 361. The van der Waals surface area contributed by atoms with E-state index in [0.29, 0.717) is 37.9 Å². The molecule has 0 heterocycles. The van der Waals surface area contributed by atoms with E-state index in [0.717, 1.165) is 0 Å². The molecule has 1 unspecified atom stereocenters. The van der Waals surface area contributed by atoms with Gasteiger partial charge in [0.2, 0.25) is 0 Å². The Morgan fingerprint density at radius 3 is 2.35 bits per heavy atom. The normalized spacial score (nSPS) is 11.5. The van der Waals surface area contributed by atoms with Crippen LogP contribution >= 0.6 is 0 Å². The average molecular weight is 286 g/mol. The molecule has 6 nitrogen and oxygen atoms in total. The molecule has 0 saturated heterocycles. The number of carbonyl (C=O) groups is 3. The summed E-state index contributed by atoms with van der Waals surface area (Å²) in [4.78, 5) is 32.9. The maximum atomic E-state index is 11.3. The zero-order chi connectivity index (χ0) is 15.5. The Labute approximate surface area is 118 Å². The van der Waals surface area contributed by atoms with Gasteiger partial charge in [-0.1, -0.05) is 13.0 Å². The lowest BCUT2D eigenvalue weighted by Gasteiger charge is -2.12. The highest BCUT2D eigenvalue weighted by molar-refractivity contribution is 5.87. The van der Waals surface area contributed by atoms with Gasteiger partial charge in [-0.2, -0.15) is 0 Å². The molecule has 0 fully saturated rings. The van der Waals surface area contributed by atoms with Crippen LogP contribution in [0.5, 0.6) is 0 Å². The van der Waals surface area contributed by atoms with Crippen molar-refractivity contribution in [2.75, 3.05) is 13.2 Å². The Kier molecular flexibility index (Phi) is 9.07. The summed E-state index contributed by atoms with van der Waals surface area (Å²) < 4.78 is 9.50. The number of hydrogen-bond acceptors (Lipinski definition) is 5. The van der Waals surface area contributed by atoms with Crippen LogP contribution in [0, 0.1) is 5.92 Å². The SMILES string of the molecule is C=C(CCCCC(COC(C)=O)C(=O)O)C(=O)OCC. The Morgan fingerprint density at radius 2 is 1.85 bits per heavy atom. The van der Waals surface area contributed by atoms with E-state index in [1.165, 1.54) is 6.92 Å². The maximum Gasteiger partial charge on any atom is 0.333 e. The van der Waals surface area contributed by atoms with E-state index in [1.807, 2.05) is 0 Å². The van der Waals surface area contributed by atoms with Gasteiger partial charge in [-0.3, -0.25) is 9.59 Å². The highest BCUT2D eigenvalue weighted by atomic mass is 16.5. The summed E-state index contributed by atoms with van der Waals surface area (Å²) in [6.07, 6.45) is 2.11. The van der Waals surface area contributed by atoms with Gasteiger partial charge in [-0.15, -0.1) is 0 Å². The first kappa shape index (κ1) is 18.1. The molecule has 0 amide bonds. The van der Waals surface area contributed by atoms with Crippen LogP contribution in [0.15, 0.2) is 12.2 Å². The topological polar surface area (TPSA) is 89.9 Å². The van der Waals surface area contributed by atoms with Gasteiger partial charge in [0, 0.05) is 12.5 Å². The molecule has 0 aliphatic rings. The van der Waals surface area contributed by atoms with E-state index in [2.05, 4.69) is 6.58 Å². The molecule has 6 heteroatoms. The summed E-state index contributed by atoms with van der Waals surface area (Å²) in [6, 6.07) is 0. The molecule has 0 aromatic heterocycles. The molecular weight excluding hydrogens is 264 g/mol. The number of hydrogen-bond donors (Lipinski definition) is 1. The zero-order valence-corrected chi connectivity index (χ0v) is 12.0. The number of ether oxygens (including phenoxy) is 2. The van der Waals surface area contributed by atoms with Gasteiger partial charge in [0.25, 0.3) is 0 Å².